The summed E-state index contributed by atoms with van der Waals surface area (Å²) in [5, 5.41) is 4.53. The largest absolute Gasteiger partial charge is 0.312 e. The molecule has 12 heavy (non-hydrogen) atoms. The molecule has 0 unspecified atom stereocenters. The van der Waals surface area contributed by atoms with E-state index in [9.17, 15) is 0 Å². The molecule has 3 heteroatoms. The summed E-state index contributed by atoms with van der Waals surface area (Å²) < 4.78 is 0. The number of hydrogen-bond donors (Lipinski definition) is 1. The highest BCUT2D eigenvalue weighted by Crippen LogP contribution is 2.32. The zero-order valence-corrected chi connectivity index (χ0v) is 8.37. The predicted octanol–water partition coefficient (Wildman–Crippen LogP) is 2.05. The lowest BCUT2D eigenvalue weighted by Crippen LogP contribution is -2.21. The molecule has 1 N–H and O–H groups in total. The number of nitrogens with zero attached hydrogens (tertiary/aromatic N) is 1. The average molecular weight is 182 g/mol. The number of hydrogen-bond acceptors (Lipinski definition) is 3. The van der Waals surface area contributed by atoms with Crippen molar-refractivity contribution >= 4 is 11.3 Å². The Hall–Kier alpha value is -0.410. The molecule has 1 aromatic heterocycles. The summed E-state index contributed by atoms with van der Waals surface area (Å²) in [5.41, 5.74) is 1.31. The van der Waals surface area contributed by atoms with E-state index in [1.54, 1.807) is 0 Å². The molecule has 1 heterocycles. The first-order valence-electron chi connectivity index (χ1n) is 4.44. The van der Waals surface area contributed by atoms with Crippen LogP contribution in [0.2, 0.25) is 0 Å². The van der Waals surface area contributed by atoms with Gasteiger partial charge < -0.3 is 5.32 Å². The summed E-state index contributed by atoms with van der Waals surface area (Å²) in [6.45, 7) is 2.09. The second kappa shape index (κ2) is 3.15. The molecule has 0 spiro atoms. The van der Waals surface area contributed by atoms with Crippen LogP contribution in [0.1, 0.15) is 34.5 Å². The topological polar surface area (TPSA) is 24.9 Å². The van der Waals surface area contributed by atoms with Gasteiger partial charge in [-0.15, -0.1) is 11.3 Å². The Morgan fingerprint density at radius 3 is 3.17 bits per heavy atom. The van der Waals surface area contributed by atoms with Crippen molar-refractivity contribution in [3.8, 4) is 0 Å². The van der Waals surface area contributed by atoms with E-state index in [1.807, 2.05) is 18.4 Å². The minimum atomic E-state index is 0.513. The highest BCUT2D eigenvalue weighted by atomic mass is 32.1. The van der Waals surface area contributed by atoms with Crippen molar-refractivity contribution < 1.29 is 0 Å². The predicted molar refractivity (Wildman–Crippen MR) is 51.6 cm³/mol. The van der Waals surface area contributed by atoms with Gasteiger partial charge in [0.25, 0.3) is 0 Å². The standard InChI is InChI=1S/C9H14N2S/c1-6-11-9-7(10-2)4-3-5-8(9)12-6/h7,10H,3-5H2,1-2H3/t7-/m0/s1. The van der Waals surface area contributed by atoms with Gasteiger partial charge in [-0.3, -0.25) is 0 Å². The van der Waals surface area contributed by atoms with Crippen LogP contribution in [-0.4, -0.2) is 12.0 Å². The van der Waals surface area contributed by atoms with Crippen molar-refractivity contribution in [3.63, 3.8) is 0 Å². The lowest BCUT2D eigenvalue weighted by molar-refractivity contribution is 0.489. The van der Waals surface area contributed by atoms with Crippen molar-refractivity contribution in [1.29, 1.82) is 0 Å². The minimum Gasteiger partial charge on any atom is -0.312 e. The number of nitrogens with one attached hydrogen (secondary N) is 1. The number of fused-ring (bicyclic) bond motifs is 1. The molecule has 0 saturated carbocycles. The number of rotatable bonds is 1. The van der Waals surface area contributed by atoms with Gasteiger partial charge in [0.05, 0.1) is 16.7 Å². The van der Waals surface area contributed by atoms with E-state index in [1.165, 1.54) is 34.8 Å². The Morgan fingerprint density at radius 1 is 1.58 bits per heavy atom. The third-order valence-electron chi connectivity index (χ3n) is 2.41. The zero-order chi connectivity index (χ0) is 8.55. The molecule has 0 aliphatic heterocycles. The van der Waals surface area contributed by atoms with Crippen LogP contribution in [0.15, 0.2) is 0 Å². The molecule has 0 amide bonds. The molecule has 0 saturated heterocycles. The average Bonchev–Trinajstić information content (AvgIpc) is 2.44. The summed E-state index contributed by atoms with van der Waals surface area (Å²) in [6, 6.07) is 0.513. The van der Waals surface area contributed by atoms with Crippen molar-refractivity contribution in [2.75, 3.05) is 7.05 Å². The fraction of sp³-hybridized carbons (Fsp3) is 0.667. The van der Waals surface area contributed by atoms with Gasteiger partial charge in [0.2, 0.25) is 0 Å². The summed E-state index contributed by atoms with van der Waals surface area (Å²) in [6.07, 6.45) is 3.78. The van der Waals surface area contributed by atoms with Crippen LogP contribution < -0.4 is 5.32 Å². The third kappa shape index (κ3) is 1.27. The molecule has 0 aromatic carbocycles. The number of aryl methyl sites for hydroxylation is 2. The second-order valence-corrected chi connectivity index (χ2v) is 4.56. The summed E-state index contributed by atoms with van der Waals surface area (Å²) >= 11 is 1.86. The van der Waals surface area contributed by atoms with E-state index in [2.05, 4.69) is 17.2 Å². The maximum absolute atomic E-state index is 4.56. The molecule has 1 aliphatic rings. The highest BCUT2D eigenvalue weighted by molar-refractivity contribution is 7.11. The van der Waals surface area contributed by atoms with Crippen LogP contribution in [-0.2, 0) is 6.42 Å². The van der Waals surface area contributed by atoms with Crippen LogP contribution in [0.5, 0.6) is 0 Å². The highest BCUT2D eigenvalue weighted by Gasteiger charge is 2.21. The van der Waals surface area contributed by atoms with E-state index in [0.717, 1.165) is 0 Å². The minimum absolute atomic E-state index is 0.513. The molecule has 1 atom stereocenters. The van der Waals surface area contributed by atoms with E-state index in [4.69, 9.17) is 0 Å². The SMILES string of the molecule is CN[C@H]1CCCc2sc(C)nc21. The first kappa shape index (κ1) is 8.20. The van der Waals surface area contributed by atoms with Gasteiger partial charge >= 0.3 is 0 Å². The maximum Gasteiger partial charge on any atom is 0.0900 e. The van der Waals surface area contributed by atoms with Crippen LogP contribution in [0.4, 0.5) is 0 Å². The molecule has 2 nitrogen and oxygen atoms in total. The van der Waals surface area contributed by atoms with Gasteiger partial charge in [-0.25, -0.2) is 4.98 Å². The van der Waals surface area contributed by atoms with Gasteiger partial charge in [0.15, 0.2) is 0 Å². The van der Waals surface area contributed by atoms with E-state index in [0.29, 0.717) is 6.04 Å². The summed E-state index contributed by atoms with van der Waals surface area (Å²) in [5.74, 6) is 0. The van der Waals surface area contributed by atoms with Crippen molar-refractivity contribution in [2.45, 2.75) is 32.2 Å². The molecule has 1 aromatic rings. The van der Waals surface area contributed by atoms with E-state index in [-0.39, 0.29) is 0 Å². The quantitative estimate of drug-likeness (QED) is 0.719. The first-order valence-corrected chi connectivity index (χ1v) is 5.26. The molecule has 0 bridgehead atoms. The van der Waals surface area contributed by atoms with Gasteiger partial charge in [-0.05, 0) is 33.2 Å². The van der Waals surface area contributed by atoms with E-state index >= 15 is 0 Å². The van der Waals surface area contributed by atoms with E-state index < -0.39 is 0 Å². The normalized spacial score (nSPS) is 22.3. The van der Waals surface area contributed by atoms with Crippen LogP contribution >= 0.6 is 11.3 Å². The van der Waals surface area contributed by atoms with Crippen molar-refractivity contribution in [3.05, 3.63) is 15.6 Å². The fourth-order valence-corrected chi connectivity index (χ4v) is 2.86. The molecule has 2 rings (SSSR count). The van der Waals surface area contributed by atoms with Gasteiger partial charge in [0.1, 0.15) is 0 Å². The Kier molecular flexibility index (Phi) is 2.15. The van der Waals surface area contributed by atoms with Crippen molar-refractivity contribution in [1.82, 2.24) is 10.3 Å². The Labute approximate surface area is 77.0 Å². The molecular formula is C9H14N2S. The Bertz CT molecular complexity index is 280. The van der Waals surface area contributed by atoms with Gasteiger partial charge in [-0.2, -0.15) is 0 Å². The first-order chi connectivity index (χ1) is 5.81. The molecule has 1 aliphatic carbocycles. The Balaban J connectivity index is 2.36. The summed E-state index contributed by atoms with van der Waals surface area (Å²) in [7, 11) is 2.02. The van der Waals surface area contributed by atoms with Crippen LogP contribution in [0, 0.1) is 6.92 Å². The molecule has 66 valence electrons. The lowest BCUT2D eigenvalue weighted by atomic mass is 9.98. The van der Waals surface area contributed by atoms with Crippen LogP contribution in [0.3, 0.4) is 0 Å². The lowest BCUT2D eigenvalue weighted by Gasteiger charge is -2.19. The zero-order valence-electron chi connectivity index (χ0n) is 7.55. The van der Waals surface area contributed by atoms with Gasteiger partial charge in [0, 0.05) is 4.88 Å². The van der Waals surface area contributed by atoms with Crippen molar-refractivity contribution in [2.24, 2.45) is 0 Å². The Morgan fingerprint density at radius 2 is 2.42 bits per heavy atom. The molecule has 0 radical (unpaired) electrons. The molecule has 0 fully saturated rings. The van der Waals surface area contributed by atoms with Gasteiger partial charge in [-0.1, -0.05) is 0 Å². The fourth-order valence-electron chi connectivity index (χ4n) is 1.82. The second-order valence-electron chi connectivity index (χ2n) is 3.27. The summed E-state index contributed by atoms with van der Waals surface area (Å²) in [4.78, 5) is 6.06. The maximum atomic E-state index is 4.56. The molecular weight excluding hydrogens is 168 g/mol. The number of aromatic nitrogens is 1. The smallest absolute Gasteiger partial charge is 0.0900 e. The number of thiazole rings is 1. The monoisotopic (exact) mass is 182 g/mol. The van der Waals surface area contributed by atoms with Crippen LogP contribution in [0.25, 0.3) is 0 Å². The third-order valence-corrected chi connectivity index (χ3v) is 3.46.